The van der Waals surface area contributed by atoms with Gasteiger partial charge in [-0.2, -0.15) is 13.2 Å². The number of epoxide rings is 1. The lowest BCUT2D eigenvalue weighted by Gasteiger charge is -2.42. The first-order chi connectivity index (χ1) is 42.8. The van der Waals surface area contributed by atoms with Crippen molar-refractivity contribution in [3.8, 4) is 5.75 Å². The number of carbonyl (C=O) groups is 9. The van der Waals surface area contributed by atoms with Crippen LogP contribution < -0.4 is 47.3 Å². The fourth-order valence-corrected chi connectivity index (χ4v) is 12.7. The van der Waals surface area contributed by atoms with Gasteiger partial charge in [0, 0.05) is 63.0 Å². The van der Waals surface area contributed by atoms with Crippen LogP contribution in [0.2, 0.25) is 5.02 Å². The zero-order chi connectivity index (χ0) is 67.9. The molecule has 24 nitrogen and oxygen atoms in total. The number of amides is 8. The number of allylic oxidation sites excluding steroid dienone is 3. The van der Waals surface area contributed by atoms with Crippen molar-refractivity contribution in [1.82, 2.24) is 31.5 Å². The highest BCUT2D eigenvalue weighted by Crippen LogP contribution is 2.49. The molecule has 2 fully saturated rings. The Bertz CT molecular complexity index is 3030. The molecule has 5 rings (SSSR count). The number of hydrogen-bond acceptors (Lipinski definition) is 16. The largest absolute Gasteiger partial charge is 0.495 e. The van der Waals surface area contributed by atoms with Crippen molar-refractivity contribution < 1.29 is 85.1 Å². The van der Waals surface area contributed by atoms with E-state index in [1.165, 1.54) is 33.1 Å². The second kappa shape index (κ2) is 33.5. The zero-order valence-corrected chi connectivity index (χ0v) is 56.4. The predicted molar refractivity (Wildman–Crippen MR) is 339 cm³/mol. The quantitative estimate of drug-likeness (QED) is 0.0162. The average molecular weight is 1430 g/mol. The summed E-state index contributed by atoms with van der Waals surface area (Å²) in [6, 6.07) is -0.110. The molecular weight excluding hydrogens is 1350 g/mol. The summed E-state index contributed by atoms with van der Waals surface area (Å²) in [5.74, 6) is -6.21. The number of methoxy groups -OCH3 is 2. The van der Waals surface area contributed by atoms with Crippen LogP contribution in [0, 0.1) is 17.8 Å². The fraction of sp³-hybridized carbons (Fsp3) is 0.590. The Balaban J connectivity index is 1.39. The summed E-state index contributed by atoms with van der Waals surface area (Å²) in [6.07, 6.45) is -4.34. The van der Waals surface area contributed by atoms with E-state index in [4.69, 9.17) is 41.0 Å². The van der Waals surface area contributed by atoms with E-state index in [2.05, 4.69) is 63.8 Å². The molecule has 0 saturated carbocycles. The van der Waals surface area contributed by atoms with Gasteiger partial charge in [-0.1, -0.05) is 88.0 Å². The van der Waals surface area contributed by atoms with E-state index in [9.17, 15) is 48.3 Å². The molecule has 3 aliphatic heterocycles. The zero-order valence-electron chi connectivity index (χ0n) is 52.4. The van der Waals surface area contributed by atoms with Crippen LogP contribution in [0.1, 0.15) is 108 Å². The summed E-state index contributed by atoms with van der Waals surface area (Å²) < 4.78 is 74.7. The van der Waals surface area contributed by atoms with Crippen LogP contribution in [-0.2, 0) is 60.3 Å². The molecular formula is C61H83Br2ClF3N9O15. The van der Waals surface area contributed by atoms with Crippen LogP contribution in [0.5, 0.6) is 5.75 Å². The molecule has 1 unspecified atom stereocenters. The molecule has 9 N–H and O–H groups in total. The van der Waals surface area contributed by atoms with E-state index in [1.807, 2.05) is 6.92 Å². The molecule has 2 aromatic rings. The van der Waals surface area contributed by atoms with E-state index >= 15 is 13.2 Å². The number of nitrogens with zero attached hydrogens (tertiary/aromatic N) is 2. The number of fused-ring (bicyclic) bond motifs is 5. The number of nitrogens with one attached hydrogen (secondary N) is 6. The molecule has 4 bridgehead atoms. The fourth-order valence-electron chi connectivity index (χ4n) is 10.7. The maximum absolute atomic E-state index is 15.1. The smallest absolute Gasteiger partial charge is 0.417 e. The second-order valence-electron chi connectivity index (χ2n) is 23.5. The first kappa shape index (κ1) is 75.4. The standard InChI is InChI=1S/C61H83Br2ClF3N9O15/c1-32(2)50(71-39(31-77)16-11-12-21-69-52(79)37(29-62)30-63)54(81)73-42(17-14-22-70-57(68)84)53(80)72-38-19-20-40(41(26-38)61(65,66)67)55(82)75(7)35(5)56(83)90-47-27-48(78)76(8)43-24-36(25-44(87-9)49(43)64)23-33(3)15-13-18-46(88-10)60(86)28-45(89-58(85)74-60)34(4)51-59(47,6)91-51/h13,15,18-20,24-26,31-32,34-35,37,39,42,45-47,50-51,71,86H,11-12,14,16-17,21-23,27-30H2,1-10H3,(H,69,79)(H,72,80)(H,73,81)(H,74,85)(H3,68,70,84)/b18-13+,33-15+/t34-,35+,39?,42+,45+,46-,47+,50+,51+,59+,60+/m1/s1. The third kappa shape index (κ3) is 20.1. The molecule has 91 heavy (non-hydrogen) atoms. The van der Waals surface area contributed by atoms with Gasteiger partial charge in [0.2, 0.25) is 23.6 Å². The monoisotopic (exact) mass is 1430 g/mol. The number of likely N-dealkylation sites (N-methyl/N-ethyl adjacent to an activating group) is 1. The molecule has 504 valence electrons. The van der Waals surface area contributed by atoms with Gasteiger partial charge in [-0.15, -0.1) is 0 Å². The minimum Gasteiger partial charge on any atom is -0.495 e. The number of aldehydes is 1. The van der Waals surface area contributed by atoms with Crippen molar-refractivity contribution in [2.24, 2.45) is 23.5 Å². The van der Waals surface area contributed by atoms with Gasteiger partial charge in [0.05, 0.1) is 54.5 Å². The van der Waals surface area contributed by atoms with Crippen LogP contribution >= 0.6 is 43.5 Å². The van der Waals surface area contributed by atoms with Crippen LogP contribution in [0.15, 0.2) is 54.1 Å². The molecule has 0 aliphatic carbocycles. The highest BCUT2D eigenvalue weighted by Gasteiger charge is 2.64. The van der Waals surface area contributed by atoms with Crippen molar-refractivity contribution in [2.45, 2.75) is 159 Å². The number of benzene rings is 2. The van der Waals surface area contributed by atoms with E-state index < -0.39 is 143 Å². The van der Waals surface area contributed by atoms with Gasteiger partial charge in [0.15, 0.2) is 5.72 Å². The third-order valence-electron chi connectivity index (χ3n) is 16.4. The molecule has 8 amide bonds. The lowest BCUT2D eigenvalue weighted by molar-refractivity contribution is -0.158. The van der Waals surface area contributed by atoms with Crippen LogP contribution in [0.4, 0.5) is 34.1 Å². The van der Waals surface area contributed by atoms with Gasteiger partial charge >= 0.3 is 24.3 Å². The maximum Gasteiger partial charge on any atom is 0.417 e. The van der Waals surface area contributed by atoms with Crippen LogP contribution in [0.3, 0.4) is 0 Å². The van der Waals surface area contributed by atoms with Crippen molar-refractivity contribution in [3.05, 3.63) is 75.8 Å². The summed E-state index contributed by atoms with van der Waals surface area (Å²) in [7, 11) is 5.27. The van der Waals surface area contributed by atoms with Crippen molar-refractivity contribution >= 4 is 109 Å². The molecule has 0 radical (unpaired) electrons. The van der Waals surface area contributed by atoms with Gasteiger partial charge in [0.1, 0.15) is 53.1 Å². The van der Waals surface area contributed by atoms with E-state index in [-0.39, 0.29) is 54.1 Å². The first-order valence-corrected chi connectivity index (χ1v) is 32.2. The number of aliphatic hydroxyl groups is 1. The number of carbonyl (C=O) groups excluding carboxylic acids is 9. The highest BCUT2D eigenvalue weighted by molar-refractivity contribution is 9.09. The van der Waals surface area contributed by atoms with E-state index in [0.717, 1.165) is 24.8 Å². The minimum atomic E-state index is -5.24. The molecule has 2 aromatic carbocycles. The van der Waals surface area contributed by atoms with Gasteiger partial charge in [-0.25, -0.2) is 14.4 Å². The number of hydrogen-bond donors (Lipinski definition) is 8. The number of urea groups is 1. The Morgan fingerprint density at radius 3 is 2.30 bits per heavy atom. The summed E-state index contributed by atoms with van der Waals surface area (Å²) >= 11 is 13.4. The normalized spacial score (nSPS) is 24.1. The number of rotatable bonds is 26. The first-order valence-electron chi connectivity index (χ1n) is 29.6. The van der Waals surface area contributed by atoms with E-state index in [0.29, 0.717) is 65.7 Å². The third-order valence-corrected chi connectivity index (χ3v) is 18.3. The summed E-state index contributed by atoms with van der Waals surface area (Å²) in [5, 5.41) is 28.6. The van der Waals surface area contributed by atoms with Gasteiger partial charge in [0.25, 0.3) is 5.91 Å². The number of anilines is 2. The van der Waals surface area contributed by atoms with Crippen LogP contribution in [-0.4, -0.2) is 176 Å². The Hall–Kier alpha value is -6.37. The number of ether oxygens (including phenoxy) is 5. The average Bonchev–Trinajstić information content (AvgIpc) is 1.59. The minimum absolute atomic E-state index is 0.0470. The molecule has 3 aliphatic rings. The van der Waals surface area contributed by atoms with Crippen molar-refractivity contribution in [1.29, 1.82) is 0 Å². The van der Waals surface area contributed by atoms with Gasteiger partial charge in [-0.05, 0) is 101 Å². The Morgan fingerprint density at radius 2 is 1.68 bits per heavy atom. The number of halogens is 6. The number of alkyl carbamates (subject to hydrolysis) is 1. The summed E-state index contributed by atoms with van der Waals surface area (Å²) in [4.78, 5) is 122. The molecule has 2 saturated heterocycles. The molecule has 11 atom stereocenters. The molecule has 30 heteroatoms. The molecule has 3 heterocycles. The number of esters is 1. The van der Waals surface area contributed by atoms with Crippen molar-refractivity contribution in [3.63, 3.8) is 0 Å². The Morgan fingerprint density at radius 1 is 1.00 bits per heavy atom. The SMILES string of the molecule is COc1cc2cc(c1Cl)N(C)C(=O)C[C@H](OC(=O)[C@H](C)N(C)C(=O)c1ccc(NC(=O)[C@H](CCCNC(N)=O)NC(=O)[C@@H](NC(C=O)CCCCNC(=O)C(CBr)CBr)C(C)C)cc1C(F)(F)F)[C@]1(C)O[C@H]1[C@H](C)[C@@H]1C[C@@](O)(NC(=O)O1)[C@H](OC)/C=C/C=C(\C)C2. The predicted octanol–water partition coefficient (Wildman–Crippen LogP) is 6.59. The lowest BCUT2D eigenvalue weighted by atomic mass is 9.83. The summed E-state index contributed by atoms with van der Waals surface area (Å²) in [6.45, 7) is 9.95. The topological polar surface area (TPSA) is 328 Å². The molecule has 0 aromatic heterocycles. The number of nitrogens with two attached hydrogens (primary N) is 1. The van der Waals surface area contributed by atoms with Crippen LogP contribution in [0.25, 0.3) is 0 Å². The number of alkyl halides is 5. The highest BCUT2D eigenvalue weighted by atomic mass is 79.9. The molecule has 0 spiro atoms. The Labute approximate surface area is 548 Å². The van der Waals surface area contributed by atoms with Gasteiger partial charge in [-0.3, -0.25) is 34.6 Å². The van der Waals surface area contributed by atoms with Crippen molar-refractivity contribution in [2.75, 3.05) is 62.3 Å². The van der Waals surface area contributed by atoms with Gasteiger partial charge < -0.3 is 70.4 Å². The lowest BCUT2D eigenvalue weighted by Crippen LogP contribution is -2.63. The second-order valence-corrected chi connectivity index (χ2v) is 25.2. The number of primary amides is 1. The number of unbranched alkanes of at least 4 members (excludes halogenated alkanes) is 1. The maximum atomic E-state index is 15.1. The van der Waals surface area contributed by atoms with E-state index in [1.54, 1.807) is 58.1 Å². The Kier molecular flexibility index (Phi) is 27.7. The summed E-state index contributed by atoms with van der Waals surface area (Å²) in [5.41, 5.74) is 0.525.